The summed E-state index contributed by atoms with van der Waals surface area (Å²) in [5, 5.41) is 9.28. The van der Waals surface area contributed by atoms with Gasteiger partial charge in [-0.2, -0.15) is 0 Å². The molecule has 7 nitrogen and oxygen atoms in total. The predicted octanol–water partition coefficient (Wildman–Crippen LogP) is 1.98. The van der Waals surface area contributed by atoms with Crippen LogP contribution in [0.15, 0.2) is 42.9 Å². The molecule has 1 unspecified atom stereocenters. The number of piperidine rings is 1. The highest BCUT2D eigenvalue weighted by atomic mass is 16.5. The molecule has 0 bridgehead atoms. The molecule has 1 amide bonds. The number of rotatable bonds is 5. The van der Waals surface area contributed by atoms with Crippen LogP contribution in [0.3, 0.4) is 0 Å². The Morgan fingerprint density at radius 1 is 1.14 bits per heavy atom. The molecule has 1 atom stereocenters. The molecule has 0 aliphatic carbocycles. The van der Waals surface area contributed by atoms with Crippen molar-refractivity contribution in [1.82, 2.24) is 14.9 Å². The number of hydrogen-bond acceptors (Lipinski definition) is 6. The first-order valence-electron chi connectivity index (χ1n) is 9.91. The summed E-state index contributed by atoms with van der Waals surface area (Å²) in [5.74, 6) is 1.99. The fraction of sp³-hybridized carbons (Fsp3) is 0.476. The van der Waals surface area contributed by atoms with Gasteiger partial charge in [0.1, 0.15) is 17.7 Å². The maximum Gasteiger partial charge on any atom is 0.255 e. The minimum Gasteiger partial charge on any atom is -0.489 e. The maximum atomic E-state index is 12.8. The second-order valence-corrected chi connectivity index (χ2v) is 7.49. The van der Waals surface area contributed by atoms with Crippen molar-refractivity contribution in [3.8, 4) is 5.75 Å². The van der Waals surface area contributed by atoms with Crippen LogP contribution in [0.25, 0.3) is 0 Å². The fourth-order valence-electron chi connectivity index (χ4n) is 3.86. The van der Waals surface area contributed by atoms with Gasteiger partial charge in [0.15, 0.2) is 0 Å². The summed E-state index contributed by atoms with van der Waals surface area (Å²) in [6.07, 6.45) is 7.82. The Morgan fingerprint density at radius 3 is 2.64 bits per heavy atom. The molecule has 2 aromatic heterocycles. The molecular formula is C21H26N4O3. The van der Waals surface area contributed by atoms with Gasteiger partial charge in [0.2, 0.25) is 0 Å². The molecule has 7 heteroatoms. The van der Waals surface area contributed by atoms with E-state index in [-0.39, 0.29) is 18.6 Å². The van der Waals surface area contributed by atoms with Gasteiger partial charge < -0.3 is 19.6 Å². The number of pyridine rings is 2. The van der Waals surface area contributed by atoms with Crippen LogP contribution < -0.4 is 9.64 Å². The molecular weight excluding hydrogens is 356 g/mol. The number of anilines is 1. The van der Waals surface area contributed by atoms with E-state index in [1.54, 1.807) is 18.6 Å². The number of nitrogens with zero attached hydrogens (tertiary/aromatic N) is 4. The normalized spacial score (nSPS) is 20.4. The van der Waals surface area contributed by atoms with Crippen molar-refractivity contribution in [2.75, 3.05) is 37.7 Å². The Kier molecular flexibility index (Phi) is 5.71. The van der Waals surface area contributed by atoms with Crippen LogP contribution in [0.4, 0.5) is 5.82 Å². The lowest BCUT2D eigenvalue weighted by Crippen LogP contribution is -2.41. The molecule has 2 aromatic rings. The van der Waals surface area contributed by atoms with E-state index in [1.807, 2.05) is 29.2 Å². The van der Waals surface area contributed by atoms with Crippen molar-refractivity contribution >= 4 is 11.7 Å². The summed E-state index contributed by atoms with van der Waals surface area (Å²) >= 11 is 0. The van der Waals surface area contributed by atoms with Crippen molar-refractivity contribution in [3.05, 3.63) is 48.4 Å². The number of likely N-dealkylation sites (tertiary alicyclic amines) is 1. The van der Waals surface area contributed by atoms with Crippen LogP contribution in [0.2, 0.25) is 0 Å². The largest absolute Gasteiger partial charge is 0.489 e. The minimum atomic E-state index is 0.0218. The number of aliphatic hydroxyl groups is 1. The summed E-state index contributed by atoms with van der Waals surface area (Å²) < 4.78 is 5.94. The Hall–Kier alpha value is -2.67. The average molecular weight is 382 g/mol. The van der Waals surface area contributed by atoms with Crippen LogP contribution in [0.5, 0.6) is 5.75 Å². The highest BCUT2D eigenvalue weighted by molar-refractivity contribution is 5.94. The van der Waals surface area contributed by atoms with E-state index in [0.29, 0.717) is 24.6 Å². The molecule has 2 aliphatic rings. The van der Waals surface area contributed by atoms with Crippen molar-refractivity contribution in [3.63, 3.8) is 0 Å². The van der Waals surface area contributed by atoms with E-state index in [4.69, 9.17) is 4.74 Å². The lowest BCUT2D eigenvalue weighted by Gasteiger charge is -2.32. The molecule has 0 aromatic carbocycles. The monoisotopic (exact) mass is 382 g/mol. The Labute approximate surface area is 165 Å². The van der Waals surface area contributed by atoms with Crippen molar-refractivity contribution < 1.29 is 14.6 Å². The first kappa shape index (κ1) is 18.7. The zero-order valence-corrected chi connectivity index (χ0v) is 15.9. The average Bonchev–Trinajstić information content (AvgIpc) is 3.24. The van der Waals surface area contributed by atoms with Gasteiger partial charge in [-0.15, -0.1) is 0 Å². The third-order valence-electron chi connectivity index (χ3n) is 5.53. The molecule has 4 rings (SSSR count). The maximum absolute atomic E-state index is 12.8. The SMILES string of the molecule is O=C(c1ccc(N2CCC(CO)C2)nc1)N1CCC(Oc2cccnc2)CC1. The van der Waals surface area contributed by atoms with Gasteiger partial charge in [-0.1, -0.05) is 0 Å². The molecule has 0 radical (unpaired) electrons. The lowest BCUT2D eigenvalue weighted by atomic mass is 10.1. The van der Waals surface area contributed by atoms with Crippen molar-refractivity contribution in [2.45, 2.75) is 25.4 Å². The summed E-state index contributed by atoms with van der Waals surface area (Å²) in [6.45, 7) is 3.29. The van der Waals surface area contributed by atoms with E-state index in [0.717, 1.165) is 43.9 Å². The second kappa shape index (κ2) is 8.56. The number of aliphatic hydroxyl groups excluding tert-OH is 1. The van der Waals surface area contributed by atoms with Gasteiger partial charge in [0, 0.05) is 63.9 Å². The number of ether oxygens (including phenoxy) is 1. The Bertz CT molecular complexity index is 776. The minimum absolute atomic E-state index is 0.0218. The standard InChI is InChI=1S/C21H26N4O3/c26-15-16-5-9-25(14-16)20-4-3-17(12-23-20)21(27)24-10-6-18(7-11-24)28-19-2-1-8-22-13-19/h1-4,8,12-13,16,18,26H,5-7,9-11,14-15H2. The molecule has 2 aliphatic heterocycles. The van der Waals surface area contributed by atoms with E-state index in [9.17, 15) is 9.90 Å². The molecule has 28 heavy (non-hydrogen) atoms. The zero-order valence-electron chi connectivity index (χ0n) is 15.9. The van der Waals surface area contributed by atoms with E-state index < -0.39 is 0 Å². The Morgan fingerprint density at radius 2 is 2.00 bits per heavy atom. The molecule has 0 saturated carbocycles. The molecule has 4 heterocycles. The van der Waals surface area contributed by atoms with Crippen LogP contribution >= 0.6 is 0 Å². The van der Waals surface area contributed by atoms with E-state index >= 15 is 0 Å². The van der Waals surface area contributed by atoms with Crippen LogP contribution in [-0.2, 0) is 0 Å². The van der Waals surface area contributed by atoms with Gasteiger partial charge in [-0.05, 0) is 30.7 Å². The summed E-state index contributed by atoms with van der Waals surface area (Å²) in [6, 6.07) is 7.53. The summed E-state index contributed by atoms with van der Waals surface area (Å²) in [7, 11) is 0. The van der Waals surface area contributed by atoms with Crippen LogP contribution in [0.1, 0.15) is 29.6 Å². The number of carbonyl (C=O) groups is 1. The molecule has 2 saturated heterocycles. The molecule has 2 fully saturated rings. The van der Waals surface area contributed by atoms with Crippen LogP contribution in [0, 0.1) is 5.92 Å². The number of amides is 1. The summed E-state index contributed by atoms with van der Waals surface area (Å²) in [5.41, 5.74) is 0.619. The third kappa shape index (κ3) is 4.25. The smallest absolute Gasteiger partial charge is 0.255 e. The predicted molar refractivity (Wildman–Crippen MR) is 105 cm³/mol. The summed E-state index contributed by atoms with van der Waals surface area (Å²) in [4.78, 5) is 25.4. The highest BCUT2D eigenvalue weighted by Gasteiger charge is 2.26. The molecule has 0 spiro atoms. The zero-order chi connectivity index (χ0) is 19.3. The van der Waals surface area contributed by atoms with Gasteiger partial charge in [0.25, 0.3) is 5.91 Å². The quantitative estimate of drug-likeness (QED) is 0.852. The first-order valence-corrected chi connectivity index (χ1v) is 9.91. The second-order valence-electron chi connectivity index (χ2n) is 7.49. The van der Waals surface area contributed by atoms with Gasteiger partial charge in [0.05, 0.1) is 11.8 Å². The fourth-order valence-corrected chi connectivity index (χ4v) is 3.86. The highest BCUT2D eigenvalue weighted by Crippen LogP contribution is 2.23. The van der Waals surface area contributed by atoms with E-state index in [1.165, 1.54) is 0 Å². The van der Waals surface area contributed by atoms with E-state index in [2.05, 4.69) is 14.9 Å². The topological polar surface area (TPSA) is 78.8 Å². The van der Waals surface area contributed by atoms with Gasteiger partial charge in [-0.3, -0.25) is 9.78 Å². The van der Waals surface area contributed by atoms with Crippen molar-refractivity contribution in [2.24, 2.45) is 5.92 Å². The number of hydrogen-bond donors (Lipinski definition) is 1. The van der Waals surface area contributed by atoms with Crippen LogP contribution in [-0.4, -0.2) is 64.8 Å². The first-order chi connectivity index (χ1) is 13.7. The van der Waals surface area contributed by atoms with Gasteiger partial charge >= 0.3 is 0 Å². The number of carbonyl (C=O) groups excluding carboxylic acids is 1. The van der Waals surface area contributed by atoms with Crippen molar-refractivity contribution in [1.29, 1.82) is 0 Å². The third-order valence-corrected chi connectivity index (χ3v) is 5.53. The lowest BCUT2D eigenvalue weighted by molar-refractivity contribution is 0.0594. The molecule has 1 N–H and O–H groups in total. The molecule has 148 valence electrons. The van der Waals surface area contributed by atoms with Gasteiger partial charge in [-0.25, -0.2) is 4.98 Å². The number of aromatic nitrogens is 2. The Balaban J connectivity index is 1.30.